The van der Waals surface area contributed by atoms with Crippen molar-refractivity contribution < 1.29 is 14.3 Å². The summed E-state index contributed by atoms with van der Waals surface area (Å²) < 4.78 is 7.68. The molecule has 1 unspecified atom stereocenters. The van der Waals surface area contributed by atoms with Gasteiger partial charge >= 0.3 is 6.09 Å². The van der Waals surface area contributed by atoms with Gasteiger partial charge in [0.2, 0.25) is 5.91 Å². The Balaban J connectivity index is 1.53. The molecule has 164 valence electrons. The van der Waals surface area contributed by atoms with E-state index in [0.717, 1.165) is 24.0 Å². The van der Waals surface area contributed by atoms with Crippen molar-refractivity contribution in [2.24, 2.45) is 0 Å². The van der Waals surface area contributed by atoms with Gasteiger partial charge in [-0.2, -0.15) is 5.10 Å². The van der Waals surface area contributed by atoms with E-state index in [-0.39, 0.29) is 11.9 Å². The highest BCUT2D eigenvalue weighted by atomic mass is 16.6. The molecule has 0 bridgehead atoms. The lowest BCUT2D eigenvalue weighted by molar-refractivity contribution is -0.117. The Kier molecular flexibility index (Phi) is 4.92. The van der Waals surface area contributed by atoms with Crippen molar-refractivity contribution in [2.45, 2.75) is 45.7 Å². The smallest absolute Gasteiger partial charge is 0.408 e. The number of rotatable bonds is 3. The maximum Gasteiger partial charge on any atom is 0.419 e. The number of benzene rings is 1. The van der Waals surface area contributed by atoms with Crippen LogP contribution in [0.4, 0.5) is 16.2 Å². The number of aryl methyl sites for hydroxylation is 1. The number of hydrogen-bond donors (Lipinski definition) is 0. The predicted molar refractivity (Wildman–Crippen MR) is 121 cm³/mol. The van der Waals surface area contributed by atoms with Crippen LogP contribution in [0.3, 0.4) is 0 Å². The van der Waals surface area contributed by atoms with Gasteiger partial charge in [-0.15, -0.1) is 0 Å². The monoisotopic (exact) mass is 431 g/mol. The lowest BCUT2D eigenvalue weighted by Crippen LogP contribution is -2.52. The van der Waals surface area contributed by atoms with Crippen molar-refractivity contribution in [2.75, 3.05) is 16.3 Å². The number of fused-ring (bicyclic) bond motifs is 1. The van der Waals surface area contributed by atoms with Crippen LogP contribution in [0.25, 0.3) is 11.1 Å². The summed E-state index contributed by atoms with van der Waals surface area (Å²) in [5, 5.41) is 4.48. The number of aromatic nitrogens is 3. The van der Waals surface area contributed by atoms with Gasteiger partial charge < -0.3 is 9.64 Å². The van der Waals surface area contributed by atoms with Crippen molar-refractivity contribution >= 4 is 23.4 Å². The zero-order valence-corrected chi connectivity index (χ0v) is 18.4. The van der Waals surface area contributed by atoms with Crippen LogP contribution < -0.4 is 14.5 Å². The van der Waals surface area contributed by atoms with E-state index in [1.54, 1.807) is 42.0 Å². The first-order chi connectivity index (χ1) is 15.4. The molecule has 2 aliphatic rings. The average Bonchev–Trinajstić information content (AvgIpc) is 3.50. The molecule has 1 aliphatic heterocycles. The van der Waals surface area contributed by atoms with Crippen LogP contribution in [0.15, 0.2) is 48.9 Å². The summed E-state index contributed by atoms with van der Waals surface area (Å²) in [6.45, 7) is 5.59. The second-order valence-corrected chi connectivity index (χ2v) is 8.45. The van der Waals surface area contributed by atoms with Crippen LogP contribution in [0.2, 0.25) is 0 Å². The number of carbonyl (C=O) groups excluding carboxylic acids is 2. The van der Waals surface area contributed by atoms with Crippen LogP contribution in [0.5, 0.6) is 5.75 Å². The molecule has 0 radical (unpaired) electrons. The van der Waals surface area contributed by atoms with E-state index >= 15 is 0 Å². The van der Waals surface area contributed by atoms with Gasteiger partial charge in [-0.25, -0.2) is 4.79 Å². The summed E-state index contributed by atoms with van der Waals surface area (Å²) in [6.07, 6.45) is 7.35. The molecular weight excluding hydrogens is 406 g/mol. The third kappa shape index (κ3) is 3.62. The van der Waals surface area contributed by atoms with Gasteiger partial charge in [0.15, 0.2) is 5.75 Å². The summed E-state index contributed by atoms with van der Waals surface area (Å²) in [5.74, 6) is 0.353. The summed E-state index contributed by atoms with van der Waals surface area (Å²) in [6, 6.07) is 9.55. The molecule has 3 heterocycles. The van der Waals surface area contributed by atoms with Gasteiger partial charge in [-0.05, 0) is 56.5 Å². The highest BCUT2D eigenvalue weighted by Gasteiger charge is 2.35. The minimum absolute atomic E-state index is 0.0656. The van der Waals surface area contributed by atoms with E-state index in [4.69, 9.17) is 4.74 Å². The zero-order valence-electron chi connectivity index (χ0n) is 18.4. The van der Waals surface area contributed by atoms with Gasteiger partial charge in [0, 0.05) is 31.4 Å². The summed E-state index contributed by atoms with van der Waals surface area (Å²) in [4.78, 5) is 33.1. The number of amides is 2. The topological polar surface area (TPSA) is 80.6 Å². The first kappa shape index (κ1) is 20.2. The fourth-order valence-electron chi connectivity index (χ4n) is 4.21. The Morgan fingerprint density at radius 2 is 1.94 bits per heavy atom. The molecule has 8 heteroatoms. The van der Waals surface area contributed by atoms with Crippen LogP contribution in [0.1, 0.15) is 38.4 Å². The molecule has 5 rings (SSSR count). The van der Waals surface area contributed by atoms with Gasteiger partial charge in [-0.1, -0.05) is 6.07 Å². The molecule has 0 saturated heterocycles. The Morgan fingerprint density at radius 3 is 2.66 bits per heavy atom. The zero-order chi connectivity index (χ0) is 22.4. The molecule has 1 saturated carbocycles. The lowest BCUT2D eigenvalue weighted by Gasteiger charge is -2.40. The van der Waals surface area contributed by atoms with Crippen molar-refractivity contribution in [1.29, 1.82) is 0 Å². The molecule has 8 nitrogen and oxygen atoms in total. The normalized spacial score (nSPS) is 17.8. The molecule has 2 amide bonds. The Hall–Kier alpha value is -3.68. The summed E-state index contributed by atoms with van der Waals surface area (Å²) in [5.41, 5.74) is 3.88. The number of carbonyl (C=O) groups is 2. The number of ether oxygens (including phenoxy) is 1. The molecule has 2 aromatic heterocycles. The number of hydrogen-bond acceptors (Lipinski definition) is 5. The number of pyridine rings is 1. The second-order valence-electron chi connectivity index (χ2n) is 8.45. The fraction of sp³-hybridized carbons (Fsp3) is 0.333. The van der Waals surface area contributed by atoms with Crippen LogP contribution in [0, 0.1) is 6.92 Å². The standard InChI is InChI=1S/C24H25N5O3/c1-15-13-27(24(31)32-23-5-4-10-25-16(23)2)22-11-18(6-9-21(22)29(15)17(3)30)19-12-26-28(14-19)20-7-8-20/h4-6,9-12,14-15,20H,7-8,13H2,1-3H3. The molecule has 3 aromatic rings. The van der Waals surface area contributed by atoms with Gasteiger partial charge in [0.1, 0.15) is 0 Å². The van der Waals surface area contributed by atoms with Crippen molar-refractivity contribution in [3.63, 3.8) is 0 Å². The van der Waals surface area contributed by atoms with E-state index in [1.807, 2.05) is 42.2 Å². The number of nitrogens with zero attached hydrogens (tertiary/aromatic N) is 5. The largest absolute Gasteiger partial charge is 0.419 e. The van der Waals surface area contributed by atoms with Crippen LogP contribution in [-0.4, -0.2) is 39.4 Å². The molecule has 1 aliphatic carbocycles. The molecule has 1 aromatic carbocycles. The average molecular weight is 431 g/mol. The maximum absolute atomic E-state index is 13.2. The third-order valence-corrected chi connectivity index (χ3v) is 5.98. The van der Waals surface area contributed by atoms with Crippen LogP contribution in [-0.2, 0) is 4.79 Å². The van der Waals surface area contributed by atoms with Crippen LogP contribution >= 0.6 is 0 Å². The van der Waals surface area contributed by atoms with E-state index in [0.29, 0.717) is 35.4 Å². The first-order valence-electron chi connectivity index (χ1n) is 10.8. The minimum Gasteiger partial charge on any atom is -0.408 e. The lowest BCUT2D eigenvalue weighted by atomic mass is 10.0. The highest BCUT2D eigenvalue weighted by molar-refractivity contribution is 6.03. The molecule has 1 atom stereocenters. The van der Waals surface area contributed by atoms with Gasteiger partial charge in [0.05, 0.1) is 35.3 Å². The first-order valence-corrected chi connectivity index (χ1v) is 10.8. The molecule has 1 fully saturated rings. The molecule has 0 spiro atoms. The number of anilines is 2. The SMILES string of the molecule is CC(=O)N1c2ccc(-c3cnn(C4CC4)c3)cc2N(C(=O)Oc2cccnc2C)CC1C. The highest BCUT2D eigenvalue weighted by Crippen LogP contribution is 2.40. The Labute approximate surface area is 186 Å². The summed E-state index contributed by atoms with van der Waals surface area (Å²) >= 11 is 0. The second kappa shape index (κ2) is 7.78. The predicted octanol–water partition coefficient (Wildman–Crippen LogP) is 4.35. The molecule has 32 heavy (non-hydrogen) atoms. The van der Waals surface area contributed by atoms with E-state index in [1.165, 1.54) is 0 Å². The van der Waals surface area contributed by atoms with Gasteiger partial charge in [-0.3, -0.25) is 19.4 Å². The van der Waals surface area contributed by atoms with Crippen molar-refractivity contribution in [1.82, 2.24) is 14.8 Å². The fourth-order valence-corrected chi connectivity index (χ4v) is 4.21. The third-order valence-electron chi connectivity index (χ3n) is 5.98. The van der Waals surface area contributed by atoms with Crippen molar-refractivity contribution in [3.05, 3.63) is 54.6 Å². The molecule has 0 N–H and O–H groups in total. The van der Waals surface area contributed by atoms with E-state index < -0.39 is 6.09 Å². The van der Waals surface area contributed by atoms with Gasteiger partial charge in [0.25, 0.3) is 0 Å². The van der Waals surface area contributed by atoms with E-state index in [2.05, 4.69) is 10.1 Å². The minimum atomic E-state index is -0.497. The van der Waals surface area contributed by atoms with E-state index in [9.17, 15) is 9.59 Å². The summed E-state index contributed by atoms with van der Waals surface area (Å²) in [7, 11) is 0. The molecular formula is C24H25N5O3. The Morgan fingerprint density at radius 1 is 1.12 bits per heavy atom. The maximum atomic E-state index is 13.2. The van der Waals surface area contributed by atoms with Crippen molar-refractivity contribution in [3.8, 4) is 16.9 Å². The quantitative estimate of drug-likeness (QED) is 0.616. The Bertz CT molecular complexity index is 1200.